The van der Waals surface area contributed by atoms with Crippen molar-refractivity contribution in [2.75, 3.05) is 19.0 Å². The Morgan fingerprint density at radius 3 is 2.32 bits per heavy atom. The highest BCUT2D eigenvalue weighted by Crippen LogP contribution is 2.35. The van der Waals surface area contributed by atoms with Crippen LogP contribution in [0.4, 0.5) is 5.69 Å². The fourth-order valence-electron chi connectivity index (χ4n) is 2.62. The van der Waals surface area contributed by atoms with Gasteiger partial charge < -0.3 is 4.90 Å². The van der Waals surface area contributed by atoms with E-state index in [-0.39, 0.29) is 16.4 Å². The zero-order valence-electron chi connectivity index (χ0n) is 13.7. The smallest absolute Gasteiger partial charge is 0.266 e. The molecule has 2 aromatic carbocycles. The van der Waals surface area contributed by atoms with E-state index >= 15 is 0 Å². The van der Waals surface area contributed by atoms with Gasteiger partial charge in [0, 0.05) is 25.7 Å². The zero-order chi connectivity index (χ0) is 18.2. The highest BCUT2D eigenvalue weighted by molar-refractivity contribution is 7.89. The molecular formula is C18H16N2O4S. The molecule has 0 bridgehead atoms. The van der Waals surface area contributed by atoms with E-state index in [9.17, 15) is 18.0 Å². The van der Waals surface area contributed by atoms with Gasteiger partial charge in [-0.3, -0.25) is 9.59 Å². The number of sulfonamides is 1. The third-order valence-corrected chi connectivity index (χ3v) is 5.84. The van der Waals surface area contributed by atoms with Crippen LogP contribution >= 0.6 is 0 Å². The van der Waals surface area contributed by atoms with Crippen molar-refractivity contribution in [3.05, 3.63) is 66.2 Å². The van der Waals surface area contributed by atoms with Crippen molar-refractivity contribution in [2.45, 2.75) is 4.90 Å². The molecule has 2 aromatic rings. The second kappa shape index (κ2) is 6.18. The highest BCUT2D eigenvalue weighted by atomic mass is 32.2. The van der Waals surface area contributed by atoms with E-state index in [1.807, 2.05) is 0 Å². The number of fused-ring (bicyclic) bond motifs is 1. The van der Waals surface area contributed by atoms with E-state index in [0.29, 0.717) is 15.6 Å². The van der Waals surface area contributed by atoms with Crippen molar-refractivity contribution >= 4 is 33.1 Å². The number of rotatable bonds is 3. The van der Waals surface area contributed by atoms with Gasteiger partial charge in [-0.2, -0.15) is 0 Å². The lowest BCUT2D eigenvalue weighted by molar-refractivity contribution is -0.121. The van der Waals surface area contributed by atoms with Gasteiger partial charge in [-0.05, 0) is 18.2 Å². The molecule has 0 atom stereocenters. The summed E-state index contributed by atoms with van der Waals surface area (Å²) in [6.07, 6.45) is 1.07. The number of likely N-dealkylation sites (N-methyl/N-ethyl adjacent to an activating group) is 2. The third-order valence-electron chi connectivity index (χ3n) is 4.07. The Labute approximate surface area is 146 Å². The van der Waals surface area contributed by atoms with Gasteiger partial charge in [0.1, 0.15) is 0 Å². The first-order chi connectivity index (χ1) is 11.8. The van der Waals surface area contributed by atoms with E-state index in [1.165, 1.54) is 24.1 Å². The number of carbonyl (C=O) groups excluding carboxylic acids is 2. The predicted molar refractivity (Wildman–Crippen MR) is 94.2 cm³/mol. The van der Waals surface area contributed by atoms with E-state index in [1.54, 1.807) is 49.5 Å². The molecule has 1 aliphatic heterocycles. The standard InChI is InChI=1S/C18H16N2O4S/c1-19-16-11-7-6-10-14(16)15(18(19)22)12-17(21)20(2)25(23,24)13-8-4-3-5-9-13/h3-12H,1-2H3/b15-12+. The Morgan fingerprint density at radius 1 is 1.04 bits per heavy atom. The molecule has 0 aliphatic carbocycles. The molecule has 7 heteroatoms. The minimum absolute atomic E-state index is 0.0134. The molecule has 0 saturated heterocycles. The molecule has 0 unspecified atom stereocenters. The van der Waals surface area contributed by atoms with Gasteiger partial charge in [0.2, 0.25) is 0 Å². The monoisotopic (exact) mass is 356 g/mol. The van der Waals surface area contributed by atoms with Gasteiger partial charge in [-0.15, -0.1) is 0 Å². The van der Waals surface area contributed by atoms with Crippen LogP contribution in [-0.4, -0.2) is 38.6 Å². The molecule has 1 heterocycles. The second-order valence-electron chi connectivity index (χ2n) is 5.56. The van der Waals surface area contributed by atoms with Crippen LogP contribution in [0.3, 0.4) is 0 Å². The van der Waals surface area contributed by atoms with Crippen LogP contribution in [0.5, 0.6) is 0 Å². The van der Waals surface area contributed by atoms with E-state index in [4.69, 9.17) is 0 Å². The number of nitrogens with zero attached hydrogens (tertiary/aromatic N) is 2. The lowest BCUT2D eigenvalue weighted by Crippen LogP contribution is -2.32. The summed E-state index contributed by atoms with van der Waals surface area (Å²) in [6, 6.07) is 14.7. The largest absolute Gasteiger partial charge is 0.311 e. The Balaban J connectivity index is 1.97. The van der Waals surface area contributed by atoms with Crippen molar-refractivity contribution in [3.8, 4) is 0 Å². The van der Waals surface area contributed by atoms with Crippen LogP contribution in [0, 0.1) is 0 Å². The first kappa shape index (κ1) is 16.9. The number of benzene rings is 2. The Kier molecular flexibility index (Phi) is 4.18. The van der Waals surface area contributed by atoms with Gasteiger partial charge in [0.15, 0.2) is 0 Å². The number of hydrogen-bond donors (Lipinski definition) is 0. The zero-order valence-corrected chi connectivity index (χ0v) is 14.5. The lowest BCUT2D eigenvalue weighted by Gasteiger charge is -2.16. The Morgan fingerprint density at radius 2 is 1.64 bits per heavy atom. The van der Waals surface area contributed by atoms with Crippen molar-refractivity contribution in [1.29, 1.82) is 0 Å². The summed E-state index contributed by atoms with van der Waals surface area (Å²) in [7, 11) is -1.19. The molecule has 0 radical (unpaired) electrons. The van der Waals surface area contributed by atoms with Crippen LogP contribution in [0.1, 0.15) is 5.56 Å². The maximum absolute atomic E-state index is 12.5. The fraction of sp³-hybridized carbons (Fsp3) is 0.111. The molecule has 0 spiro atoms. The van der Waals surface area contributed by atoms with E-state index < -0.39 is 15.9 Å². The first-order valence-electron chi connectivity index (χ1n) is 7.51. The van der Waals surface area contributed by atoms with Gasteiger partial charge in [0.05, 0.1) is 16.2 Å². The third kappa shape index (κ3) is 2.83. The van der Waals surface area contributed by atoms with Crippen molar-refractivity contribution in [3.63, 3.8) is 0 Å². The normalized spacial score (nSPS) is 15.4. The number of anilines is 1. The van der Waals surface area contributed by atoms with Gasteiger partial charge >= 0.3 is 0 Å². The molecule has 1 aliphatic rings. The summed E-state index contributed by atoms with van der Waals surface area (Å²) < 4.78 is 25.7. The molecule has 0 saturated carbocycles. The van der Waals surface area contributed by atoms with Crippen LogP contribution in [0.15, 0.2) is 65.6 Å². The Hall–Kier alpha value is -2.93. The lowest BCUT2D eigenvalue weighted by atomic mass is 10.1. The molecule has 0 N–H and O–H groups in total. The van der Waals surface area contributed by atoms with E-state index in [0.717, 1.165) is 6.08 Å². The van der Waals surface area contributed by atoms with Crippen LogP contribution in [0.2, 0.25) is 0 Å². The molecule has 6 nitrogen and oxygen atoms in total. The van der Waals surface area contributed by atoms with Gasteiger partial charge in [-0.1, -0.05) is 36.4 Å². The second-order valence-corrected chi connectivity index (χ2v) is 7.53. The number of para-hydroxylation sites is 1. The molecular weight excluding hydrogens is 340 g/mol. The molecule has 0 aromatic heterocycles. The summed E-state index contributed by atoms with van der Waals surface area (Å²) in [5.41, 5.74) is 1.46. The highest BCUT2D eigenvalue weighted by Gasteiger charge is 2.32. The van der Waals surface area contributed by atoms with E-state index in [2.05, 4.69) is 0 Å². The first-order valence-corrected chi connectivity index (χ1v) is 8.95. The number of hydrogen-bond acceptors (Lipinski definition) is 4. The summed E-state index contributed by atoms with van der Waals surface area (Å²) in [5, 5.41) is 0. The molecule has 3 rings (SSSR count). The minimum atomic E-state index is -3.97. The van der Waals surface area contributed by atoms with Crippen molar-refractivity contribution in [2.24, 2.45) is 0 Å². The summed E-state index contributed by atoms with van der Waals surface area (Å²) >= 11 is 0. The van der Waals surface area contributed by atoms with Crippen molar-refractivity contribution < 1.29 is 18.0 Å². The fourth-order valence-corrected chi connectivity index (χ4v) is 3.73. The average molecular weight is 356 g/mol. The topological polar surface area (TPSA) is 74.8 Å². The number of amides is 2. The molecule has 25 heavy (non-hydrogen) atoms. The van der Waals surface area contributed by atoms with Gasteiger partial charge in [-0.25, -0.2) is 12.7 Å². The molecule has 0 fully saturated rings. The summed E-state index contributed by atoms with van der Waals surface area (Å²) in [4.78, 5) is 26.3. The van der Waals surface area contributed by atoms with Crippen LogP contribution in [-0.2, 0) is 19.6 Å². The maximum Gasteiger partial charge on any atom is 0.266 e. The summed E-state index contributed by atoms with van der Waals surface area (Å²) in [6.45, 7) is 0. The van der Waals surface area contributed by atoms with Gasteiger partial charge in [0.25, 0.3) is 21.8 Å². The Bertz CT molecular complexity index is 981. The number of carbonyl (C=O) groups is 2. The molecule has 2 amide bonds. The minimum Gasteiger partial charge on any atom is -0.311 e. The van der Waals surface area contributed by atoms with Crippen molar-refractivity contribution in [1.82, 2.24) is 4.31 Å². The maximum atomic E-state index is 12.5. The average Bonchev–Trinajstić information content (AvgIpc) is 2.87. The predicted octanol–water partition coefficient (Wildman–Crippen LogP) is 1.89. The van der Waals surface area contributed by atoms with Crippen LogP contribution < -0.4 is 4.90 Å². The summed E-state index contributed by atoms with van der Waals surface area (Å²) in [5.74, 6) is -1.13. The molecule has 128 valence electrons. The SMILES string of the molecule is CN1C(=O)/C(=C/C(=O)N(C)S(=O)(=O)c2ccccc2)c2ccccc21. The van der Waals surface area contributed by atoms with Crippen LogP contribution in [0.25, 0.3) is 5.57 Å². The quantitative estimate of drug-likeness (QED) is 0.787.